The highest BCUT2D eigenvalue weighted by atomic mass is 16.5. The fourth-order valence-corrected chi connectivity index (χ4v) is 2.90. The zero-order chi connectivity index (χ0) is 14.3. The van der Waals surface area contributed by atoms with Crippen LogP contribution in [-0.2, 0) is 11.3 Å². The summed E-state index contributed by atoms with van der Waals surface area (Å²) in [5.41, 5.74) is 0.0685. The monoisotopic (exact) mass is 265 g/mol. The van der Waals surface area contributed by atoms with E-state index in [1.165, 1.54) is 0 Å². The van der Waals surface area contributed by atoms with Crippen LogP contribution in [0.25, 0.3) is 0 Å². The number of nitrogens with zero attached hydrogens (tertiary/aromatic N) is 1. The molecular formula is C16H27NO2. The van der Waals surface area contributed by atoms with Crippen molar-refractivity contribution < 1.29 is 9.15 Å². The molecule has 1 aromatic rings. The SMILES string of the molecule is CC(C)c1ccc(CN2C(C)(C)COCC2(C)C)o1. The summed E-state index contributed by atoms with van der Waals surface area (Å²) in [7, 11) is 0. The maximum Gasteiger partial charge on any atom is 0.118 e. The zero-order valence-corrected chi connectivity index (χ0v) is 13.1. The molecule has 3 nitrogen and oxygen atoms in total. The second-order valence-corrected chi connectivity index (χ2v) is 7.16. The van der Waals surface area contributed by atoms with Crippen molar-refractivity contribution in [2.24, 2.45) is 0 Å². The number of hydrogen-bond acceptors (Lipinski definition) is 3. The van der Waals surface area contributed by atoms with Gasteiger partial charge in [0.05, 0.1) is 19.8 Å². The standard InChI is InChI=1S/C16H27NO2/c1-12(2)14-8-7-13(19-14)9-17-15(3,4)10-18-11-16(17,5)6/h7-8,12H,9-11H2,1-6H3. The predicted molar refractivity (Wildman–Crippen MR) is 77.3 cm³/mol. The average Bonchev–Trinajstić information content (AvgIpc) is 2.71. The third-order valence-electron chi connectivity index (χ3n) is 3.94. The normalized spacial score (nSPS) is 22.9. The Kier molecular flexibility index (Phi) is 3.80. The molecule has 0 radical (unpaired) electrons. The van der Waals surface area contributed by atoms with Gasteiger partial charge in [0, 0.05) is 17.0 Å². The first-order valence-electron chi connectivity index (χ1n) is 7.16. The Morgan fingerprint density at radius 1 is 1.11 bits per heavy atom. The van der Waals surface area contributed by atoms with Crippen molar-refractivity contribution in [3.63, 3.8) is 0 Å². The van der Waals surface area contributed by atoms with Gasteiger partial charge in [-0.05, 0) is 39.8 Å². The molecule has 0 unspecified atom stereocenters. The van der Waals surface area contributed by atoms with Gasteiger partial charge >= 0.3 is 0 Å². The maximum atomic E-state index is 5.95. The Morgan fingerprint density at radius 3 is 2.16 bits per heavy atom. The minimum Gasteiger partial charge on any atom is -0.464 e. The average molecular weight is 265 g/mol. The van der Waals surface area contributed by atoms with Crippen LogP contribution >= 0.6 is 0 Å². The van der Waals surface area contributed by atoms with Crippen LogP contribution in [0.5, 0.6) is 0 Å². The van der Waals surface area contributed by atoms with E-state index >= 15 is 0 Å². The molecule has 0 bridgehead atoms. The molecule has 0 aromatic carbocycles. The van der Waals surface area contributed by atoms with Crippen molar-refractivity contribution in [2.45, 2.75) is 65.1 Å². The minimum absolute atomic E-state index is 0.0343. The second-order valence-electron chi connectivity index (χ2n) is 7.16. The van der Waals surface area contributed by atoms with E-state index in [-0.39, 0.29) is 11.1 Å². The van der Waals surface area contributed by atoms with E-state index in [1.807, 2.05) is 0 Å². The van der Waals surface area contributed by atoms with Gasteiger partial charge in [0.1, 0.15) is 11.5 Å². The highest BCUT2D eigenvalue weighted by molar-refractivity contribution is 5.11. The van der Waals surface area contributed by atoms with Crippen LogP contribution in [0.1, 0.15) is 59.0 Å². The third kappa shape index (κ3) is 3.03. The molecule has 2 rings (SSSR count). The second kappa shape index (κ2) is 4.95. The molecule has 0 amide bonds. The first-order chi connectivity index (χ1) is 8.72. The van der Waals surface area contributed by atoms with E-state index in [0.29, 0.717) is 5.92 Å². The molecule has 0 aliphatic carbocycles. The zero-order valence-electron chi connectivity index (χ0n) is 13.1. The fourth-order valence-electron chi connectivity index (χ4n) is 2.90. The highest BCUT2D eigenvalue weighted by Crippen LogP contribution is 2.33. The number of rotatable bonds is 3. The van der Waals surface area contributed by atoms with Crippen LogP contribution in [0.3, 0.4) is 0 Å². The molecular weight excluding hydrogens is 238 g/mol. The Labute approximate surface area is 116 Å². The molecule has 2 heterocycles. The Hall–Kier alpha value is -0.800. The summed E-state index contributed by atoms with van der Waals surface area (Å²) in [5.74, 6) is 2.56. The lowest BCUT2D eigenvalue weighted by molar-refractivity contribution is -0.133. The lowest BCUT2D eigenvalue weighted by atomic mass is 9.91. The summed E-state index contributed by atoms with van der Waals surface area (Å²) in [4.78, 5) is 2.49. The summed E-state index contributed by atoms with van der Waals surface area (Å²) in [6.07, 6.45) is 0. The van der Waals surface area contributed by atoms with Crippen molar-refractivity contribution in [1.82, 2.24) is 4.90 Å². The van der Waals surface area contributed by atoms with Gasteiger partial charge in [0.15, 0.2) is 0 Å². The smallest absolute Gasteiger partial charge is 0.118 e. The Balaban J connectivity index is 2.18. The lowest BCUT2D eigenvalue weighted by Crippen LogP contribution is -2.62. The van der Waals surface area contributed by atoms with Gasteiger partial charge in [0.25, 0.3) is 0 Å². The molecule has 108 valence electrons. The van der Waals surface area contributed by atoms with Crippen LogP contribution in [-0.4, -0.2) is 29.2 Å². The van der Waals surface area contributed by atoms with Crippen LogP contribution in [0, 0.1) is 0 Å². The van der Waals surface area contributed by atoms with Gasteiger partial charge in [-0.1, -0.05) is 13.8 Å². The van der Waals surface area contributed by atoms with Crippen LogP contribution in [0.4, 0.5) is 0 Å². The number of ether oxygens (including phenoxy) is 1. The van der Waals surface area contributed by atoms with Crippen molar-refractivity contribution in [2.75, 3.05) is 13.2 Å². The van der Waals surface area contributed by atoms with Gasteiger partial charge in [-0.15, -0.1) is 0 Å². The summed E-state index contributed by atoms with van der Waals surface area (Å²) in [6, 6.07) is 4.21. The third-order valence-corrected chi connectivity index (χ3v) is 3.94. The predicted octanol–water partition coefficient (Wildman–Crippen LogP) is 3.79. The molecule has 1 aliphatic heterocycles. The van der Waals surface area contributed by atoms with Crippen molar-refractivity contribution >= 4 is 0 Å². The van der Waals surface area contributed by atoms with E-state index in [9.17, 15) is 0 Å². The quantitative estimate of drug-likeness (QED) is 0.831. The number of hydrogen-bond donors (Lipinski definition) is 0. The molecule has 1 fully saturated rings. The maximum absolute atomic E-state index is 5.95. The van der Waals surface area contributed by atoms with Crippen molar-refractivity contribution in [1.29, 1.82) is 0 Å². The summed E-state index contributed by atoms with van der Waals surface area (Å²) < 4.78 is 11.7. The molecule has 3 heteroatoms. The summed E-state index contributed by atoms with van der Waals surface area (Å²) in [5, 5.41) is 0. The van der Waals surface area contributed by atoms with E-state index in [4.69, 9.17) is 9.15 Å². The Morgan fingerprint density at radius 2 is 1.68 bits per heavy atom. The Bertz CT molecular complexity index is 416. The molecule has 0 atom stereocenters. The molecule has 0 saturated carbocycles. The van der Waals surface area contributed by atoms with E-state index in [0.717, 1.165) is 31.3 Å². The summed E-state index contributed by atoms with van der Waals surface area (Å²) >= 11 is 0. The first kappa shape index (κ1) is 14.6. The van der Waals surface area contributed by atoms with Crippen LogP contribution in [0.15, 0.2) is 16.5 Å². The van der Waals surface area contributed by atoms with Gasteiger partial charge in [-0.25, -0.2) is 0 Å². The molecule has 1 aromatic heterocycles. The first-order valence-corrected chi connectivity index (χ1v) is 7.16. The number of morpholine rings is 1. The van der Waals surface area contributed by atoms with Crippen LogP contribution < -0.4 is 0 Å². The molecule has 1 aliphatic rings. The van der Waals surface area contributed by atoms with Gasteiger partial charge in [-0.2, -0.15) is 0 Å². The van der Waals surface area contributed by atoms with Crippen LogP contribution in [0.2, 0.25) is 0 Å². The highest BCUT2D eigenvalue weighted by Gasteiger charge is 2.42. The van der Waals surface area contributed by atoms with E-state index in [1.54, 1.807) is 0 Å². The molecule has 0 N–H and O–H groups in total. The number of furan rings is 1. The van der Waals surface area contributed by atoms with Gasteiger partial charge in [0.2, 0.25) is 0 Å². The van der Waals surface area contributed by atoms with Crippen molar-refractivity contribution in [3.05, 3.63) is 23.7 Å². The molecule has 19 heavy (non-hydrogen) atoms. The molecule has 1 saturated heterocycles. The van der Waals surface area contributed by atoms with Gasteiger partial charge in [-0.3, -0.25) is 4.90 Å². The van der Waals surface area contributed by atoms with E-state index < -0.39 is 0 Å². The van der Waals surface area contributed by atoms with E-state index in [2.05, 4.69) is 58.6 Å². The largest absolute Gasteiger partial charge is 0.464 e. The molecule has 0 spiro atoms. The fraction of sp³-hybridized carbons (Fsp3) is 0.750. The summed E-state index contributed by atoms with van der Waals surface area (Å²) in [6.45, 7) is 15.6. The van der Waals surface area contributed by atoms with Gasteiger partial charge < -0.3 is 9.15 Å². The lowest BCUT2D eigenvalue weighted by Gasteiger charge is -2.52. The van der Waals surface area contributed by atoms with Crippen molar-refractivity contribution in [3.8, 4) is 0 Å². The minimum atomic E-state index is 0.0343. The topological polar surface area (TPSA) is 25.6 Å².